The van der Waals surface area contributed by atoms with Crippen LogP contribution >= 0.6 is 0 Å². The Morgan fingerprint density at radius 1 is 1.30 bits per heavy atom. The van der Waals surface area contributed by atoms with Crippen LogP contribution < -0.4 is 5.32 Å². The maximum absolute atomic E-state index is 12.6. The number of hydrogen-bond donors (Lipinski definition) is 1. The van der Waals surface area contributed by atoms with Crippen LogP contribution in [0.5, 0.6) is 0 Å². The van der Waals surface area contributed by atoms with E-state index in [0.29, 0.717) is 12.5 Å². The molecule has 0 aliphatic carbocycles. The minimum Gasteiger partial charge on any atom is -0.343 e. The molecule has 0 unspecified atom stereocenters. The summed E-state index contributed by atoms with van der Waals surface area (Å²) in [6.07, 6.45) is -3.45. The fourth-order valence-corrected chi connectivity index (χ4v) is 3.06. The molecule has 3 nitrogen and oxygen atoms in total. The van der Waals surface area contributed by atoms with Crippen molar-refractivity contribution in [3.8, 4) is 0 Å². The molecule has 0 radical (unpaired) electrons. The number of nitrogens with one attached hydrogen (secondary N) is 1. The Morgan fingerprint density at radius 3 is 2.39 bits per heavy atom. The van der Waals surface area contributed by atoms with Gasteiger partial charge in [0.1, 0.15) is 0 Å². The summed E-state index contributed by atoms with van der Waals surface area (Å²) in [5, 5.41) is 3.48. The van der Waals surface area contributed by atoms with Crippen molar-refractivity contribution >= 4 is 5.91 Å². The van der Waals surface area contributed by atoms with Crippen molar-refractivity contribution in [1.82, 2.24) is 10.2 Å². The highest BCUT2D eigenvalue weighted by molar-refractivity contribution is 5.73. The lowest BCUT2D eigenvalue weighted by Crippen LogP contribution is -2.50. The average Bonchev–Trinajstić information content (AvgIpc) is 2.48. The van der Waals surface area contributed by atoms with Gasteiger partial charge in [0.25, 0.3) is 0 Å². The standard InChI is InChI=1S/C17H23F3N2O/c1-11-10-22(13(3)23)9-8-16(11)21-12(2)14-4-6-15(7-5-14)17(18,19)20/h4-7,11-12,16,21H,8-10H2,1-3H3/t11-,12-,16-/m0/s1. The van der Waals surface area contributed by atoms with Gasteiger partial charge in [0.05, 0.1) is 5.56 Å². The van der Waals surface area contributed by atoms with Gasteiger partial charge in [-0.2, -0.15) is 13.2 Å². The summed E-state index contributed by atoms with van der Waals surface area (Å²) in [6.45, 7) is 7.05. The third-order valence-electron chi connectivity index (χ3n) is 4.55. The zero-order valence-corrected chi connectivity index (χ0v) is 13.7. The lowest BCUT2D eigenvalue weighted by atomic mass is 9.92. The van der Waals surface area contributed by atoms with E-state index < -0.39 is 11.7 Å². The van der Waals surface area contributed by atoms with Gasteiger partial charge < -0.3 is 10.2 Å². The molecule has 1 aliphatic rings. The fourth-order valence-electron chi connectivity index (χ4n) is 3.06. The molecule has 1 aliphatic heterocycles. The van der Waals surface area contributed by atoms with Crippen LogP contribution in [-0.4, -0.2) is 29.9 Å². The number of hydrogen-bond acceptors (Lipinski definition) is 2. The van der Waals surface area contributed by atoms with Crippen molar-refractivity contribution in [3.63, 3.8) is 0 Å². The van der Waals surface area contributed by atoms with Gasteiger partial charge in [-0.25, -0.2) is 0 Å². The van der Waals surface area contributed by atoms with Crippen LogP contribution in [0, 0.1) is 5.92 Å². The Balaban J connectivity index is 1.97. The minimum atomic E-state index is -4.30. The number of piperidine rings is 1. The summed E-state index contributed by atoms with van der Waals surface area (Å²) in [5.41, 5.74) is 0.204. The van der Waals surface area contributed by atoms with Gasteiger partial charge in [-0.05, 0) is 37.0 Å². The van der Waals surface area contributed by atoms with E-state index in [-0.39, 0.29) is 18.0 Å². The molecule has 128 valence electrons. The van der Waals surface area contributed by atoms with E-state index in [2.05, 4.69) is 12.2 Å². The Morgan fingerprint density at radius 2 is 1.91 bits per heavy atom. The molecule has 0 bridgehead atoms. The van der Waals surface area contributed by atoms with E-state index in [1.54, 1.807) is 6.92 Å². The molecule has 1 heterocycles. The van der Waals surface area contributed by atoms with Gasteiger partial charge in [-0.15, -0.1) is 0 Å². The molecule has 1 N–H and O–H groups in total. The lowest BCUT2D eigenvalue weighted by Gasteiger charge is -2.38. The number of amides is 1. The summed E-state index contributed by atoms with van der Waals surface area (Å²) in [7, 11) is 0. The minimum absolute atomic E-state index is 0.0337. The van der Waals surface area contributed by atoms with Crippen LogP contribution in [0.2, 0.25) is 0 Å². The number of halogens is 3. The SMILES string of the molecule is CC(=O)N1CC[C@H](N[C@@H](C)c2ccc(C(F)(F)F)cc2)[C@@H](C)C1. The molecule has 0 aromatic heterocycles. The molecule has 1 aromatic carbocycles. The third kappa shape index (κ3) is 4.47. The second-order valence-electron chi connectivity index (χ2n) is 6.35. The van der Waals surface area contributed by atoms with Crippen molar-refractivity contribution in [2.45, 2.75) is 45.5 Å². The highest BCUT2D eigenvalue weighted by atomic mass is 19.4. The van der Waals surface area contributed by atoms with Crippen LogP contribution in [-0.2, 0) is 11.0 Å². The first kappa shape index (κ1) is 17.8. The zero-order chi connectivity index (χ0) is 17.2. The molecular weight excluding hydrogens is 305 g/mol. The largest absolute Gasteiger partial charge is 0.416 e. The molecular formula is C17H23F3N2O. The molecule has 0 saturated carbocycles. The van der Waals surface area contributed by atoms with E-state index in [0.717, 1.165) is 30.7 Å². The lowest BCUT2D eigenvalue weighted by molar-refractivity contribution is -0.137. The van der Waals surface area contributed by atoms with Gasteiger partial charge in [0, 0.05) is 32.1 Å². The second-order valence-corrected chi connectivity index (χ2v) is 6.35. The fraction of sp³-hybridized carbons (Fsp3) is 0.588. The zero-order valence-electron chi connectivity index (χ0n) is 13.7. The Kier molecular flexibility index (Phi) is 5.34. The summed E-state index contributed by atoms with van der Waals surface area (Å²) in [4.78, 5) is 13.3. The van der Waals surface area contributed by atoms with E-state index in [9.17, 15) is 18.0 Å². The molecule has 2 rings (SSSR count). The molecule has 3 atom stereocenters. The van der Waals surface area contributed by atoms with Crippen molar-refractivity contribution in [2.24, 2.45) is 5.92 Å². The molecule has 1 saturated heterocycles. The molecule has 1 amide bonds. The predicted molar refractivity (Wildman–Crippen MR) is 82.8 cm³/mol. The summed E-state index contributed by atoms with van der Waals surface area (Å²) < 4.78 is 37.8. The van der Waals surface area contributed by atoms with Crippen LogP contribution in [0.1, 0.15) is 44.4 Å². The quantitative estimate of drug-likeness (QED) is 0.919. The number of alkyl halides is 3. The average molecular weight is 328 g/mol. The van der Waals surface area contributed by atoms with Gasteiger partial charge >= 0.3 is 6.18 Å². The highest BCUT2D eigenvalue weighted by Gasteiger charge is 2.31. The van der Waals surface area contributed by atoms with Crippen molar-refractivity contribution < 1.29 is 18.0 Å². The van der Waals surface area contributed by atoms with E-state index in [1.807, 2.05) is 11.8 Å². The Bertz CT molecular complexity index is 542. The van der Waals surface area contributed by atoms with Crippen LogP contribution in [0.4, 0.5) is 13.2 Å². The first-order chi connectivity index (χ1) is 10.7. The molecule has 6 heteroatoms. The molecule has 1 aromatic rings. The van der Waals surface area contributed by atoms with Crippen LogP contribution in [0.3, 0.4) is 0 Å². The maximum atomic E-state index is 12.6. The number of likely N-dealkylation sites (tertiary alicyclic amines) is 1. The topological polar surface area (TPSA) is 32.3 Å². The third-order valence-corrected chi connectivity index (χ3v) is 4.55. The second kappa shape index (κ2) is 6.91. The van der Waals surface area contributed by atoms with Crippen molar-refractivity contribution in [2.75, 3.05) is 13.1 Å². The molecule has 23 heavy (non-hydrogen) atoms. The van der Waals surface area contributed by atoms with Crippen LogP contribution in [0.25, 0.3) is 0 Å². The number of carbonyl (C=O) groups is 1. The normalized spacial score (nSPS) is 23.7. The smallest absolute Gasteiger partial charge is 0.343 e. The van der Waals surface area contributed by atoms with E-state index in [4.69, 9.17) is 0 Å². The number of benzene rings is 1. The molecule has 0 spiro atoms. The number of rotatable bonds is 3. The van der Waals surface area contributed by atoms with Crippen LogP contribution in [0.15, 0.2) is 24.3 Å². The van der Waals surface area contributed by atoms with Gasteiger partial charge in [-0.1, -0.05) is 19.1 Å². The predicted octanol–water partition coefficient (Wildman–Crippen LogP) is 3.61. The van der Waals surface area contributed by atoms with Crippen molar-refractivity contribution in [3.05, 3.63) is 35.4 Å². The van der Waals surface area contributed by atoms with E-state index >= 15 is 0 Å². The first-order valence-corrected chi connectivity index (χ1v) is 7.87. The van der Waals surface area contributed by atoms with E-state index in [1.165, 1.54) is 12.1 Å². The van der Waals surface area contributed by atoms with Gasteiger partial charge in [0.15, 0.2) is 0 Å². The van der Waals surface area contributed by atoms with Gasteiger partial charge in [-0.3, -0.25) is 4.79 Å². The monoisotopic (exact) mass is 328 g/mol. The van der Waals surface area contributed by atoms with Gasteiger partial charge in [0.2, 0.25) is 5.91 Å². The summed E-state index contributed by atoms with van der Waals surface area (Å²) >= 11 is 0. The first-order valence-electron chi connectivity index (χ1n) is 7.87. The highest BCUT2D eigenvalue weighted by Crippen LogP contribution is 2.30. The Hall–Kier alpha value is -1.56. The number of nitrogens with zero attached hydrogens (tertiary/aromatic N) is 1. The number of carbonyl (C=O) groups excluding carboxylic acids is 1. The summed E-state index contributed by atoms with van der Waals surface area (Å²) in [5.74, 6) is 0.399. The Labute approximate surface area is 134 Å². The molecule has 1 fully saturated rings. The van der Waals surface area contributed by atoms with Crippen molar-refractivity contribution in [1.29, 1.82) is 0 Å². The summed E-state index contributed by atoms with van der Waals surface area (Å²) in [6, 6.07) is 5.51. The maximum Gasteiger partial charge on any atom is 0.416 e.